The summed E-state index contributed by atoms with van der Waals surface area (Å²) in [6.07, 6.45) is 0. The number of anilines is 1. The summed E-state index contributed by atoms with van der Waals surface area (Å²) in [5.41, 5.74) is 1.65. The molecular weight excluding hydrogens is 426 g/mol. The molecule has 0 unspecified atom stereocenters. The third kappa shape index (κ3) is 5.72. The summed E-state index contributed by atoms with van der Waals surface area (Å²) in [7, 11) is 1.53. The fourth-order valence-electron chi connectivity index (χ4n) is 3.06. The van der Waals surface area contributed by atoms with Crippen molar-refractivity contribution in [3.05, 3.63) is 48.5 Å². The minimum Gasteiger partial charge on any atom is -0.497 e. The van der Waals surface area contributed by atoms with E-state index in [1.54, 1.807) is 55.5 Å². The van der Waals surface area contributed by atoms with Crippen LogP contribution in [-0.4, -0.2) is 52.2 Å². The predicted octanol–water partition coefficient (Wildman–Crippen LogP) is 3.85. The van der Waals surface area contributed by atoms with E-state index in [0.717, 1.165) is 0 Å². The summed E-state index contributed by atoms with van der Waals surface area (Å²) in [4.78, 5) is 30.9. The number of aromatic nitrogens is 2. The van der Waals surface area contributed by atoms with Gasteiger partial charge in [0.05, 0.1) is 24.7 Å². The summed E-state index contributed by atoms with van der Waals surface area (Å²) in [5.74, 6) is -2.82. The number of benzene rings is 2. The molecule has 3 aromatic rings. The number of halogens is 2. The number of fused-ring (bicyclic) bond motifs is 1. The van der Waals surface area contributed by atoms with Crippen molar-refractivity contribution in [3.8, 4) is 5.75 Å². The molecule has 2 amide bonds. The first-order valence-corrected chi connectivity index (χ1v) is 10.4. The number of imidazole rings is 1. The minimum atomic E-state index is -2.67. The Morgan fingerprint density at radius 2 is 2.00 bits per heavy atom. The molecule has 10 heteroatoms. The maximum Gasteiger partial charge on any atom is 0.291 e. The number of likely N-dealkylation sites (N-methyl/N-ethyl adjacent to an activating group) is 1. The van der Waals surface area contributed by atoms with Crippen LogP contribution in [0, 0.1) is 0 Å². The number of nitrogens with zero attached hydrogens (tertiary/aromatic N) is 3. The molecule has 0 atom stereocenters. The summed E-state index contributed by atoms with van der Waals surface area (Å²) in [5, 5.41) is 2.78. The number of para-hydroxylation sites is 2. The predicted molar refractivity (Wildman–Crippen MR) is 115 cm³/mol. The Bertz CT molecular complexity index is 1070. The van der Waals surface area contributed by atoms with Gasteiger partial charge >= 0.3 is 0 Å². The average Bonchev–Trinajstić information content (AvgIpc) is 3.08. The van der Waals surface area contributed by atoms with Crippen molar-refractivity contribution in [3.63, 3.8) is 0 Å². The van der Waals surface area contributed by atoms with Gasteiger partial charge < -0.3 is 19.5 Å². The highest BCUT2D eigenvalue weighted by Crippen LogP contribution is 2.28. The number of amides is 2. The Morgan fingerprint density at radius 1 is 1.23 bits per heavy atom. The van der Waals surface area contributed by atoms with Gasteiger partial charge in [-0.2, -0.15) is 8.78 Å². The Hall–Kier alpha value is -3.14. The van der Waals surface area contributed by atoms with Crippen molar-refractivity contribution in [2.75, 3.05) is 25.5 Å². The van der Waals surface area contributed by atoms with E-state index in [2.05, 4.69) is 10.3 Å². The third-order valence-corrected chi connectivity index (χ3v) is 5.23. The molecular formula is C21H22F2N4O3S. The van der Waals surface area contributed by atoms with Gasteiger partial charge in [0.2, 0.25) is 11.8 Å². The summed E-state index contributed by atoms with van der Waals surface area (Å²) in [6, 6.07) is 13.8. The van der Waals surface area contributed by atoms with Gasteiger partial charge in [0, 0.05) is 18.3 Å². The topological polar surface area (TPSA) is 76.5 Å². The second-order valence-corrected chi connectivity index (χ2v) is 7.49. The molecule has 0 radical (unpaired) electrons. The standard InChI is InChI=1S/C21H22F2N4O3S/c1-3-26(12-18(28)24-14-7-6-8-15(11-14)30-2)19(29)13-27-17-10-5-4-9-16(17)25-21(27)31-20(22)23/h4-11,20H,3,12-13H2,1-2H3,(H,24,28). The van der Waals surface area contributed by atoms with Gasteiger partial charge in [-0.3, -0.25) is 9.59 Å². The van der Waals surface area contributed by atoms with Crippen molar-refractivity contribution in [2.24, 2.45) is 0 Å². The maximum absolute atomic E-state index is 13.0. The second kappa shape index (κ2) is 10.3. The zero-order chi connectivity index (χ0) is 22.4. The molecule has 0 bridgehead atoms. The van der Waals surface area contributed by atoms with E-state index in [-0.39, 0.29) is 48.4 Å². The van der Waals surface area contributed by atoms with Gasteiger partial charge in [-0.15, -0.1) is 0 Å². The van der Waals surface area contributed by atoms with Gasteiger partial charge in [0.1, 0.15) is 12.3 Å². The number of alkyl halides is 2. The molecule has 0 fully saturated rings. The highest BCUT2D eigenvalue weighted by atomic mass is 32.2. The van der Waals surface area contributed by atoms with E-state index in [0.29, 0.717) is 22.5 Å². The lowest BCUT2D eigenvalue weighted by atomic mass is 10.3. The maximum atomic E-state index is 13.0. The Balaban J connectivity index is 1.73. The SMILES string of the molecule is CCN(CC(=O)Nc1cccc(OC)c1)C(=O)Cn1c(SC(F)F)nc2ccccc21. The van der Waals surface area contributed by atoms with Crippen LogP contribution in [0.15, 0.2) is 53.7 Å². The molecule has 0 saturated carbocycles. The van der Waals surface area contributed by atoms with E-state index in [4.69, 9.17) is 4.74 Å². The first-order chi connectivity index (χ1) is 14.9. The molecule has 164 valence electrons. The Morgan fingerprint density at radius 3 is 2.71 bits per heavy atom. The number of rotatable bonds is 9. The minimum absolute atomic E-state index is 0.0569. The van der Waals surface area contributed by atoms with Crippen molar-refractivity contribution >= 4 is 40.3 Å². The number of nitrogens with one attached hydrogen (secondary N) is 1. The summed E-state index contributed by atoms with van der Waals surface area (Å²) < 4.78 is 32.5. The van der Waals surface area contributed by atoms with Crippen LogP contribution in [0.1, 0.15) is 6.92 Å². The largest absolute Gasteiger partial charge is 0.497 e. The van der Waals surface area contributed by atoms with Crippen molar-refractivity contribution in [1.29, 1.82) is 0 Å². The molecule has 2 aromatic carbocycles. The van der Waals surface area contributed by atoms with Crippen LogP contribution in [0.2, 0.25) is 0 Å². The average molecular weight is 448 g/mol. The molecule has 0 saturated heterocycles. The number of hydrogen-bond acceptors (Lipinski definition) is 5. The fourth-order valence-corrected chi connectivity index (χ4v) is 3.66. The van der Waals surface area contributed by atoms with E-state index in [9.17, 15) is 18.4 Å². The van der Waals surface area contributed by atoms with Crippen LogP contribution in [0.25, 0.3) is 11.0 Å². The quantitative estimate of drug-likeness (QED) is 0.504. The van der Waals surface area contributed by atoms with Crippen LogP contribution in [0.5, 0.6) is 5.75 Å². The number of hydrogen-bond donors (Lipinski definition) is 1. The van der Waals surface area contributed by atoms with E-state index >= 15 is 0 Å². The molecule has 1 aromatic heterocycles. The van der Waals surface area contributed by atoms with Gasteiger partial charge in [-0.25, -0.2) is 4.98 Å². The second-order valence-electron chi connectivity index (χ2n) is 6.54. The molecule has 7 nitrogen and oxygen atoms in total. The molecule has 0 aliphatic carbocycles. The number of thioether (sulfide) groups is 1. The number of carbonyl (C=O) groups is 2. The van der Waals surface area contributed by atoms with E-state index in [1.807, 2.05) is 0 Å². The lowest BCUT2D eigenvalue weighted by molar-refractivity contribution is -0.135. The Kier molecular flexibility index (Phi) is 7.45. The van der Waals surface area contributed by atoms with Gasteiger partial charge in [-0.1, -0.05) is 18.2 Å². The lowest BCUT2D eigenvalue weighted by Crippen LogP contribution is -2.39. The van der Waals surface area contributed by atoms with Gasteiger partial charge in [0.15, 0.2) is 5.16 Å². The summed E-state index contributed by atoms with van der Waals surface area (Å²) >= 11 is 0.288. The number of ether oxygens (including phenoxy) is 1. The highest BCUT2D eigenvalue weighted by Gasteiger charge is 2.21. The van der Waals surface area contributed by atoms with E-state index < -0.39 is 5.76 Å². The molecule has 1 N–H and O–H groups in total. The zero-order valence-electron chi connectivity index (χ0n) is 17.0. The van der Waals surface area contributed by atoms with Crippen LogP contribution >= 0.6 is 11.8 Å². The molecule has 0 aliphatic heterocycles. The smallest absolute Gasteiger partial charge is 0.291 e. The number of carbonyl (C=O) groups excluding carboxylic acids is 2. The zero-order valence-corrected chi connectivity index (χ0v) is 17.9. The molecule has 1 heterocycles. The first kappa shape index (κ1) is 22.5. The molecule has 0 aliphatic rings. The van der Waals surface area contributed by atoms with Crippen molar-refractivity contribution < 1.29 is 23.1 Å². The van der Waals surface area contributed by atoms with Crippen LogP contribution in [0.3, 0.4) is 0 Å². The third-order valence-electron chi connectivity index (χ3n) is 4.53. The van der Waals surface area contributed by atoms with Gasteiger partial charge in [0.25, 0.3) is 5.76 Å². The van der Waals surface area contributed by atoms with Crippen molar-refractivity contribution in [1.82, 2.24) is 14.5 Å². The molecule has 3 rings (SSSR count). The summed E-state index contributed by atoms with van der Waals surface area (Å²) in [6.45, 7) is 1.66. The lowest BCUT2D eigenvalue weighted by Gasteiger charge is -2.21. The normalized spacial score (nSPS) is 11.0. The van der Waals surface area contributed by atoms with E-state index in [1.165, 1.54) is 16.6 Å². The van der Waals surface area contributed by atoms with Gasteiger partial charge in [-0.05, 0) is 43.0 Å². The van der Waals surface area contributed by atoms with Crippen LogP contribution in [-0.2, 0) is 16.1 Å². The van der Waals surface area contributed by atoms with Crippen LogP contribution < -0.4 is 10.1 Å². The highest BCUT2D eigenvalue weighted by molar-refractivity contribution is 7.99. The van der Waals surface area contributed by atoms with Crippen molar-refractivity contribution in [2.45, 2.75) is 24.4 Å². The van der Waals surface area contributed by atoms with Crippen LogP contribution in [0.4, 0.5) is 14.5 Å². The Labute approximate surface area is 182 Å². The first-order valence-electron chi connectivity index (χ1n) is 9.53. The monoisotopic (exact) mass is 448 g/mol. The molecule has 31 heavy (non-hydrogen) atoms. The fraction of sp³-hybridized carbons (Fsp3) is 0.286. The number of methoxy groups -OCH3 is 1. The molecule has 0 spiro atoms.